The fraction of sp³-hybridized carbons (Fsp3) is 0. The molecule has 3 aromatic rings. The summed E-state index contributed by atoms with van der Waals surface area (Å²) in [6.45, 7) is 0. The molecule has 0 fully saturated rings. The maximum atomic E-state index is 11.6. The smallest absolute Gasteiger partial charge is 0.255 e. The molecule has 0 bridgehead atoms. The molecule has 0 aliphatic carbocycles. The van der Waals surface area contributed by atoms with Gasteiger partial charge in [0.2, 0.25) is 5.28 Å². The highest BCUT2D eigenvalue weighted by molar-refractivity contribution is 6.28. The van der Waals surface area contributed by atoms with Crippen LogP contribution in [0.3, 0.4) is 0 Å². The number of nitrogens with zero attached hydrogens (tertiary/aromatic N) is 2. The molecule has 0 atom stereocenters. The van der Waals surface area contributed by atoms with E-state index in [9.17, 15) is 4.79 Å². The van der Waals surface area contributed by atoms with E-state index in [0.717, 1.165) is 11.1 Å². The van der Waals surface area contributed by atoms with Gasteiger partial charge in [-0.25, -0.2) is 9.97 Å². The van der Waals surface area contributed by atoms with Crippen molar-refractivity contribution in [3.63, 3.8) is 0 Å². The first-order chi connectivity index (χ1) is 9.22. The Hall–Kier alpha value is -2.40. The summed E-state index contributed by atoms with van der Waals surface area (Å²) in [4.78, 5) is 22.1. The first-order valence-electron chi connectivity index (χ1n) is 5.59. The van der Waals surface area contributed by atoms with Crippen molar-refractivity contribution < 1.29 is 0 Å². The third-order valence-electron chi connectivity index (χ3n) is 2.67. The van der Waals surface area contributed by atoms with Crippen molar-refractivity contribution in [2.75, 3.05) is 5.32 Å². The summed E-state index contributed by atoms with van der Waals surface area (Å²) in [5, 5.41) is 4.79. The lowest BCUT2D eigenvalue weighted by atomic mass is 10.1. The van der Waals surface area contributed by atoms with Crippen LogP contribution in [-0.2, 0) is 0 Å². The number of rotatable bonds is 2. The van der Waals surface area contributed by atoms with Gasteiger partial charge >= 0.3 is 0 Å². The van der Waals surface area contributed by atoms with Gasteiger partial charge in [-0.3, -0.25) is 4.79 Å². The van der Waals surface area contributed by atoms with Crippen LogP contribution in [0.4, 0.5) is 11.5 Å². The van der Waals surface area contributed by atoms with E-state index >= 15 is 0 Å². The number of nitrogens with one attached hydrogen (secondary N) is 2. The van der Waals surface area contributed by atoms with E-state index < -0.39 is 0 Å². The molecule has 0 radical (unpaired) electrons. The number of hydrogen-bond donors (Lipinski definition) is 2. The average molecular weight is 273 g/mol. The Kier molecular flexibility index (Phi) is 2.89. The quantitative estimate of drug-likeness (QED) is 0.704. The van der Waals surface area contributed by atoms with E-state index in [1.54, 1.807) is 24.5 Å². The van der Waals surface area contributed by atoms with Crippen molar-refractivity contribution >= 4 is 33.9 Å². The molecule has 0 unspecified atom stereocenters. The monoisotopic (exact) mass is 272 g/mol. The van der Waals surface area contributed by atoms with E-state index in [4.69, 9.17) is 11.6 Å². The first-order valence-corrected chi connectivity index (χ1v) is 5.97. The van der Waals surface area contributed by atoms with Crippen LogP contribution >= 0.6 is 11.6 Å². The normalized spacial score (nSPS) is 10.6. The van der Waals surface area contributed by atoms with Gasteiger partial charge in [-0.05, 0) is 47.3 Å². The first kappa shape index (κ1) is 11.7. The number of benzene rings is 1. The van der Waals surface area contributed by atoms with Gasteiger partial charge in [0.1, 0.15) is 5.82 Å². The molecule has 6 heteroatoms. The van der Waals surface area contributed by atoms with Crippen LogP contribution < -0.4 is 10.9 Å². The van der Waals surface area contributed by atoms with Crippen molar-refractivity contribution in [2.45, 2.75) is 0 Å². The Morgan fingerprint density at radius 1 is 1.21 bits per heavy atom. The van der Waals surface area contributed by atoms with Gasteiger partial charge in [0.15, 0.2) is 0 Å². The topological polar surface area (TPSA) is 70.7 Å². The van der Waals surface area contributed by atoms with Gasteiger partial charge < -0.3 is 10.3 Å². The molecule has 1 aromatic carbocycles. The lowest BCUT2D eigenvalue weighted by Gasteiger charge is -2.06. The number of anilines is 2. The van der Waals surface area contributed by atoms with Crippen molar-refractivity contribution in [2.24, 2.45) is 0 Å². The predicted octanol–water partition coefficient (Wildman–Crippen LogP) is 2.72. The van der Waals surface area contributed by atoms with Gasteiger partial charge in [-0.1, -0.05) is 0 Å². The van der Waals surface area contributed by atoms with E-state index in [-0.39, 0.29) is 10.8 Å². The molecule has 94 valence electrons. The van der Waals surface area contributed by atoms with E-state index in [2.05, 4.69) is 20.3 Å². The van der Waals surface area contributed by atoms with Crippen molar-refractivity contribution in [1.29, 1.82) is 0 Å². The third kappa shape index (κ3) is 2.41. The Balaban J connectivity index is 2.00. The molecular formula is C13H9ClN4O. The number of H-pyrrole nitrogens is 1. The molecule has 0 spiro atoms. The summed E-state index contributed by atoms with van der Waals surface area (Å²) in [5.41, 5.74) is 0.724. The molecule has 3 rings (SSSR count). The summed E-state index contributed by atoms with van der Waals surface area (Å²) in [5.74, 6) is 0.601. The van der Waals surface area contributed by atoms with Crippen molar-refractivity contribution in [3.8, 4) is 0 Å². The van der Waals surface area contributed by atoms with Gasteiger partial charge in [-0.2, -0.15) is 0 Å². The second-order valence-corrected chi connectivity index (χ2v) is 4.28. The summed E-state index contributed by atoms with van der Waals surface area (Å²) < 4.78 is 0. The highest BCUT2D eigenvalue weighted by atomic mass is 35.5. The maximum Gasteiger partial charge on any atom is 0.255 e. The number of halogens is 1. The number of pyridine rings is 1. The predicted molar refractivity (Wildman–Crippen MR) is 74.9 cm³/mol. The van der Waals surface area contributed by atoms with Crippen LogP contribution in [0.5, 0.6) is 0 Å². The number of aromatic amines is 1. The maximum absolute atomic E-state index is 11.6. The molecule has 0 saturated carbocycles. The Bertz CT molecular complexity index is 800. The van der Waals surface area contributed by atoms with Gasteiger partial charge in [0, 0.05) is 23.5 Å². The molecule has 0 aliphatic rings. The van der Waals surface area contributed by atoms with E-state index in [0.29, 0.717) is 11.2 Å². The van der Waals surface area contributed by atoms with Crippen LogP contribution in [0.1, 0.15) is 0 Å². The highest BCUT2D eigenvalue weighted by Crippen LogP contribution is 2.19. The zero-order valence-corrected chi connectivity index (χ0v) is 10.5. The minimum absolute atomic E-state index is 0.103. The SMILES string of the molecule is O=c1[nH]ccc2cc(Nc3ccnc(Cl)n3)ccc12. The van der Waals surface area contributed by atoms with Gasteiger partial charge in [0.05, 0.1) is 0 Å². The Morgan fingerprint density at radius 2 is 2.11 bits per heavy atom. The minimum Gasteiger partial charge on any atom is -0.340 e. The lowest BCUT2D eigenvalue weighted by Crippen LogP contribution is -2.04. The van der Waals surface area contributed by atoms with Crippen LogP contribution in [0.15, 0.2) is 47.5 Å². The van der Waals surface area contributed by atoms with Crippen LogP contribution in [0.2, 0.25) is 5.28 Å². The Labute approximate surface area is 113 Å². The molecule has 19 heavy (non-hydrogen) atoms. The highest BCUT2D eigenvalue weighted by Gasteiger charge is 2.01. The molecule has 2 aromatic heterocycles. The lowest BCUT2D eigenvalue weighted by molar-refractivity contribution is 1.17. The zero-order chi connectivity index (χ0) is 13.2. The third-order valence-corrected chi connectivity index (χ3v) is 2.85. The summed E-state index contributed by atoms with van der Waals surface area (Å²) in [6.07, 6.45) is 3.19. The van der Waals surface area contributed by atoms with Crippen LogP contribution in [0.25, 0.3) is 10.8 Å². The molecule has 0 aliphatic heterocycles. The number of aromatic nitrogens is 3. The average Bonchev–Trinajstić information content (AvgIpc) is 2.39. The Morgan fingerprint density at radius 3 is 2.95 bits per heavy atom. The molecular weight excluding hydrogens is 264 g/mol. The van der Waals surface area contributed by atoms with E-state index in [1.165, 1.54) is 0 Å². The minimum atomic E-state index is -0.103. The molecule has 5 nitrogen and oxygen atoms in total. The number of hydrogen-bond acceptors (Lipinski definition) is 4. The molecule has 0 saturated heterocycles. The molecule has 0 amide bonds. The second kappa shape index (κ2) is 4.70. The summed E-state index contributed by atoms with van der Waals surface area (Å²) >= 11 is 5.72. The molecule has 2 heterocycles. The van der Waals surface area contributed by atoms with Crippen LogP contribution in [0, 0.1) is 0 Å². The fourth-order valence-corrected chi connectivity index (χ4v) is 1.97. The second-order valence-electron chi connectivity index (χ2n) is 3.94. The fourth-order valence-electron chi connectivity index (χ4n) is 1.82. The van der Waals surface area contributed by atoms with Gasteiger partial charge in [-0.15, -0.1) is 0 Å². The summed E-state index contributed by atoms with van der Waals surface area (Å²) in [7, 11) is 0. The van der Waals surface area contributed by atoms with Crippen molar-refractivity contribution in [1.82, 2.24) is 15.0 Å². The largest absolute Gasteiger partial charge is 0.340 e. The zero-order valence-electron chi connectivity index (χ0n) is 9.72. The van der Waals surface area contributed by atoms with E-state index in [1.807, 2.05) is 18.2 Å². The standard InChI is InChI=1S/C13H9ClN4O/c14-13-16-6-4-11(18-13)17-9-1-2-10-8(7-9)3-5-15-12(10)19/h1-7H,(H,15,19)(H,16,17,18). The number of fused-ring (bicyclic) bond motifs is 1. The van der Waals surface area contributed by atoms with Crippen LogP contribution in [-0.4, -0.2) is 15.0 Å². The van der Waals surface area contributed by atoms with Crippen molar-refractivity contribution in [3.05, 3.63) is 58.4 Å². The van der Waals surface area contributed by atoms with Gasteiger partial charge in [0.25, 0.3) is 5.56 Å². The summed E-state index contributed by atoms with van der Waals surface area (Å²) in [6, 6.07) is 9.01. The molecule has 2 N–H and O–H groups in total.